The molecule has 3 unspecified atom stereocenters. The van der Waals surface area contributed by atoms with Crippen LogP contribution >= 0.6 is 0 Å². The number of hydrogen-bond donors (Lipinski definition) is 0. The van der Waals surface area contributed by atoms with E-state index < -0.39 is 15.2 Å². The Morgan fingerprint density at radius 1 is 0.647 bits per heavy atom. The smallest absolute Gasteiger partial charge is 0.0554 e. The van der Waals surface area contributed by atoms with E-state index in [0.717, 1.165) is 16.6 Å². The zero-order chi connectivity index (χ0) is 13.9. The lowest BCUT2D eigenvalue weighted by Gasteiger charge is -2.54. The first-order valence-corrected chi connectivity index (χ1v) is 14.4. The largest absolute Gasteiger partial charge is 0.0714 e. The zero-order valence-corrected chi connectivity index (χ0v) is 15.9. The van der Waals surface area contributed by atoms with E-state index in [1.807, 2.05) is 0 Å². The summed E-state index contributed by atoms with van der Waals surface area (Å²) < 4.78 is 0. The van der Waals surface area contributed by atoms with Crippen LogP contribution in [0.2, 0.25) is 36.3 Å². The quantitative estimate of drug-likeness (QED) is 0.480. The van der Waals surface area contributed by atoms with E-state index in [0.29, 0.717) is 0 Å². The van der Waals surface area contributed by atoms with E-state index in [9.17, 15) is 0 Å². The topological polar surface area (TPSA) is 0 Å². The highest BCUT2D eigenvalue weighted by atomic mass is 29.3. The molecule has 0 radical (unpaired) electrons. The van der Waals surface area contributed by atoms with Crippen LogP contribution in [0.4, 0.5) is 0 Å². The van der Waals surface area contributed by atoms with Crippen molar-refractivity contribution in [3.8, 4) is 0 Å². The van der Waals surface area contributed by atoms with Crippen LogP contribution in [0.15, 0.2) is 0 Å². The number of hydrogen-bond acceptors (Lipinski definition) is 0. The second kappa shape index (κ2) is 6.56. The fourth-order valence-corrected chi connectivity index (χ4v) is 29.2. The molecule has 3 atom stereocenters. The predicted molar refractivity (Wildman–Crippen MR) is 88.2 cm³/mol. The molecule has 104 valence electrons. The van der Waals surface area contributed by atoms with Crippen molar-refractivity contribution in [2.45, 2.75) is 97.1 Å². The lowest BCUT2D eigenvalue weighted by atomic mass is 10.3. The number of rotatable bonds is 7. The molecule has 0 saturated heterocycles. The first-order valence-electron chi connectivity index (χ1n) is 7.69. The highest BCUT2D eigenvalue weighted by Crippen LogP contribution is 2.51. The maximum absolute atomic E-state index is 2.66. The molecule has 2 heteroatoms. The summed E-state index contributed by atoms with van der Waals surface area (Å²) in [6.07, 6.45) is 4.18. The van der Waals surface area contributed by atoms with Crippen molar-refractivity contribution in [2.75, 3.05) is 0 Å². The molecule has 0 heterocycles. The molecular formula is C15H36Si2. The van der Waals surface area contributed by atoms with Crippen LogP contribution in [-0.4, -0.2) is 15.2 Å². The molecule has 0 aliphatic rings. The van der Waals surface area contributed by atoms with Crippen molar-refractivity contribution in [1.29, 1.82) is 0 Å². The van der Waals surface area contributed by atoms with Gasteiger partial charge in [-0.2, -0.15) is 0 Å². The molecule has 0 amide bonds. The summed E-state index contributed by atoms with van der Waals surface area (Å²) in [5, 5.41) is 0. The predicted octanol–water partition coefficient (Wildman–Crippen LogP) is 6.25. The Morgan fingerprint density at radius 3 is 1.00 bits per heavy atom. The van der Waals surface area contributed by atoms with Gasteiger partial charge in [-0.1, -0.05) is 80.4 Å². The van der Waals surface area contributed by atoms with E-state index in [1.165, 1.54) is 19.3 Å². The normalized spacial score (nSPS) is 21.7. The van der Waals surface area contributed by atoms with Gasteiger partial charge in [-0.05, 0) is 16.6 Å². The van der Waals surface area contributed by atoms with Crippen molar-refractivity contribution >= 4 is 15.2 Å². The second-order valence-electron chi connectivity index (χ2n) is 7.11. The first-order chi connectivity index (χ1) is 7.69. The van der Waals surface area contributed by atoms with Gasteiger partial charge in [0.15, 0.2) is 0 Å². The highest BCUT2D eigenvalue weighted by Gasteiger charge is 2.54. The molecule has 0 aliphatic heterocycles. The maximum atomic E-state index is 2.66. The van der Waals surface area contributed by atoms with Crippen LogP contribution in [0.3, 0.4) is 0 Å². The molecule has 0 aromatic rings. The van der Waals surface area contributed by atoms with Crippen molar-refractivity contribution in [1.82, 2.24) is 0 Å². The van der Waals surface area contributed by atoms with Crippen molar-refractivity contribution in [3.63, 3.8) is 0 Å². The van der Waals surface area contributed by atoms with E-state index in [1.54, 1.807) is 0 Å². The monoisotopic (exact) mass is 272 g/mol. The Hall–Kier alpha value is 0.434. The Bertz CT molecular complexity index is 191. The van der Waals surface area contributed by atoms with Gasteiger partial charge in [0.05, 0.1) is 7.59 Å². The summed E-state index contributed by atoms with van der Waals surface area (Å²) in [6.45, 7) is 22.9. The molecule has 0 saturated carbocycles. The average Bonchev–Trinajstić information content (AvgIpc) is 2.26. The SMILES string of the molecule is CCC(C)[Si](C(C)CC)(C(C)CC)[Si](C)(C)C. The minimum atomic E-state index is -1.17. The third kappa shape index (κ3) is 3.06. The Morgan fingerprint density at radius 2 is 0.882 bits per heavy atom. The van der Waals surface area contributed by atoms with Crippen LogP contribution in [0.5, 0.6) is 0 Å². The van der Waals surface area contributed by atoms with Gasteiger partial charge in [-0.3, -0.25) is 0 Å². The van der Waals surface area contributed by atoms with E-state index in [-0.39, 0.29) is 0 Å². The Balaban J connectivity index is 5.71. The Kier molecular flexibility index (Phi) is 6.72. The summed E-state index contributed by atoms with van der Waals surface area (Å²) in [4.78, 5) is 0. The third-order valence-corrected chi connectivity index (χ3v) is 26.5. The van der Waals surface area contributed by atoms with E-state index in [4.69, 9.17) is 0 Å². The molecule has 0 N–H and O–H groups in total. The standard InChI is InChI=1S/C15H36Si2/c1-10-13(4)17(14(5)11-2,15(6)12-3)16(7,8)9/h13-15H,10-12H2,1-9H3. The van der Waals surface area contributed by atoms with Crippen molar-refractivity contribution in [2.24, 2.45) is 0 Å². The van der Waals surface area contributed by atoms with E-state index in [2.05, 4.69) is 61.2 Å². The van der Waals surface area contributed by atoms with Gasteiger partial charge >= 0.3 is 0 Å². The lowest BCUT2D eigenvalue weighted by molar-refractivity contribution is 0.705. The molecule has 0 nitrogen and oxygen atoms in total. The van der Waals surface area contributed by atoms with Crippen LogP contribution < -0.4 is 0 Å². The molecule has 0 aliphatic carbocycles. The summed E-state index contributed by atoms with van der Waals surface area (Å²) in [5.74, 6) is 0. The zero-order valence-electron chi connectivity index (χ0n) is 13.9. The van der Waals surface area contributed by atoms with Crippen molar-refractivity contribution in [3.05, 3.63) is 0 Å². The molecule has 17 heavy (non-hydrogen) atoms. The average molecular weight is 273 g/mol. The summed E-state index contributed by atoms with van der Waals surface area (Å²) >= 11 is 0. The minimum Gasteiger partial charge on any atom is -0.0714 e. The molecule has 0 rings (SSSR count). The third-order valence-electron chi connectivity index (χ3n) is 5.58. The maximum Gasteiger partial charge on any atom is 0.0554 e. The van der Waals surface area contributed by atoms with Gasteiger partial charge in [-0.15, -0.1) is 0 Å². The van der Waals surface area contributed by atoms with Crippen LogP contribution in [0.1, 0.15) is 60.8 Å². The fourth-order valence-electron chi connectivity index (χ4n) is 4.69. The summed E-state index contributed by atoms with van der Waals surface area (Å²) in [7, 11) is -2.22. The van der Waals surface area contributed by atoms with Crippen LogP contribution in [0.25, 0.3) is 0 Å². The van der Waals surface area contributed by atoms with Gasteiger partial charge in [-0.25, -0.2) is 0 Å². The van der Waals surface area contributed by atoms with Crippen LogP contribution in [0, 0.1) is 0 Å². The molecule has 0 spiro atoms. The molecule has 0 aromatic carbocycles. The minimum absolute atomic E-state index is 0.999. The molecular weight excluding hydrogens is 236 g/mol. The summed E-state index contributed by atoms with van der Waals surface area (Å²) in [6, 6.07) is 0. The van der Waals surface area contributed by atoms with Crippen molar-refractivity contribution < 1.29 is 0 Å². The highest BCUT2D eigenvalue weighted by molar-refractivity contribution is 7.42. The Labute approximate surface area is 112 Å². The lowest BCUT2D eigenvalue weighted by Crippen LogP contribution is -2.64. The van der Waals surface area contributed by atoms with Gasteiger partial charge in [0.25, 0.3) is 0 Å². The molecule has 0 aromatic heterocycles. The molecule has 0 bridgehead atoms. The molecule has 0 fully saturated rings. The van der Waals surface area contributed by atoms with Gasteiger partial charge in [0, 0.05) is 7.59 Å². The second-order valence-corrected chi connectivity index (χ2v) is 23.5. The first kappa shape index (κ1) is 17.4. The van der Waals surface area contributed by atoms with E-state index >= 15 is 0 Å². The van der Waals surface area contributed by atoms with Crippen LogP contribution in [-0.2, 0) is 0 Å². The fraction of sp³-hybridized carbons (Fsp3) is 1.00. The van der Waals surface area contributed by atoms with Gasteiger partial charge in [0.1, 0.15) is 0 Å². The summed E-state index contributed by atoms with van der Waals surface area (Å²) in [5.41, 5.74) is 3.00. The van der Waals surface area contributed by atoms with Gasteiger partial charge < -0.3 is 0 Å². The van der Waals surface area contributed by atoms with Gasteiger partial charge in [0.2, 0.25) is 0 Å².